The van der Waals surface area contributed by atoms with Crippen molar-refractivity contribution in [2.45, 2.75) is 6.92 Å². The van der Waals surface area contributed by atoms with Crippen LogP contribution in [-0.2, 0) is 4.79 Å². The number of carbonyl (C=O) groups is 1. The SMILES string of the molecule is C=C(CN=C(C)NC=O)c1cccnc1N(C)C. The topological polar surface area (TPSA) is 57.6 Å². The molecule has 0 aliphatic carbocycles. The number of nitrogens with zero attached hydrogens (tertiary/aromatic N) is 3. The normalized spacial score (nSPS) is 10.9. The van der Waals surface area contributed by atoms with E-state index in [4.69, 9.17) is 0 Å². The minimum Gasteiger partial charge on any atom is -0.362 e. The Balaban J connectivity index is 2.85. The summed E-state index contributed by atoms with van der Waals surface area (Å²) in [5, 5.41) is 2.49. The number of aromatic nitrogens is 1. The number of amides is 1. The molecule has 0 saturated carbocycles. The molecule has 1 heterocycles. The first kappa shape index (κ1) is 13.9. The highest BCUT2D eigenvalue weighted by atomic mass is 16.1. The maximum atomic E-state index is 10.2. The molecular formula is C13H18N4O. The van der Waals surface area contributed by atoms with Crippen molar-refractivity contribution >= 4 is 23.6 Å². The lowest BCUT2D eigenvalue weighted by molar-refractivity contribution is -0.108. The van der Waals surface area contributed by atoms with Gasteiger partial charge in [-0.2, -0.15) is 0 Å². The predicted octanol–water partition coefficient (Wildman–Crippen LogP) is 1.33. The van der Waals surface area contributed by atoms with Gasteiger partial charge < -0.3 is 10.2 Å². The van der Waals surface area contributed by atoms with E-state index in [-0.39, 0.29) is 0 Å². The van der Waals surface area contributed by atoms with Crippen molar-refractivity contribution < 1.29 is 4.79 Å². The Kier molecular flexibility index (Phi) is 5.05. The maximum absolute atomic E-state index is 10.2. The van der Waals surface area contributed by atoms with Crippen LogP contribution in [0.1, 0.15) is 12.5 Å². The number of aliphatic imine (C=N–C) groups is 1. The molecule has 96 valence electrons. The Labute approximate surface area is 107 Å². The van der Waals surface area contributed by atoms with Gasteiger partial charge in [0.2, 0.25) is 6.41 Å². The molecule has 5 heteroatoms. The Morgan fingerprint density at radius 2 is 2.33 bits per heavy atom. The number of hydrogen-bond acceptors (Lipinski definition) is 4. The van der Waals surface area contributed by atoms with E-state index < -0.39 is 0 Å². The largest absolute Gasteiger partial charge is 0.362 e. The van der Waals surface area contributed by atoms with E-state index in [0.717, 1.165) is 17.0 Å². The number of hydrogen-bond donors (Lipinski definition) is 1. The molecule has 0 atom stereocenters. The van der Waals surface area contributed by atoms with Crippen molar-refractivity contribution in [2.75, 3.05) is 25.5 Å². The van der Waals surface area contributed by atoms with E-state index in [2.05, 4.69) is 21.9 Å². The van der Waals surface area contributed by atoms with E-state index in [0.29, 0.717) is 18.8 Å². The van der Waals surface area contributed by atoms with Gasteiger partial charge in [0.15, 0.2) is 0 Å². The molecule has 1 aromatic rings. The van der Waals surface area contributed by atoms with Gasteiger partial charge in [-0.05, 0) is 24.6 Å². The van der Waals surface area contributed by atoms with Crippen LogP contribution in [0.3, 0.4) is 0 Å². The lowest BCUT2D eigenvalue weighted by Gasteiger charge is -2.16. The molecule has 0 spiro atoms. The molecule has 0 aliphatic rings. The molecule has 0 bridgehead atoms. The molecule has 18 heavy (non-hydrogen) atoms. The first-order valence-electron chi connectivity index (χ1n) is 5.58. The van der Waals surface area contributed by atoms with Gasteiger partial charge >= 0.3 is 0 Å². The van der Waals surface area contributed by atoms with E-state index >= 15 is 0 Å². The Hall–Kier alpha value is -2.17. The van der Waals surface area contributed by atoms with Crippen molar-refractivity contribution in [1.82, 2.24) is 10.3 Å². The standard InChI is InChI=1S/C13H18N4O/c1-10(8-15-11(2)16-9-18)12-6-5-7-14-13(12)17(3)4/h5-7,9H,1,8H2,2-4H3,(H,15,16,18). The summed E-state index contributed by atoms with van der Waals surface area (Å²) in [6.45, 7) is 6.17. The third-order valence-electron chi connectivity index (χ3n) is 2.37. The molecule has 0 aliphatic heterocycles. The average molecular weight is 246 g/mol. The lowest BCUT2D eigenvalue weighted by atomic mass is 10.1. The fourth-order valence-electron chi connectivity index (χ4n) is 1.46. The van der Waals surface area contributed by atoms with E-state index in [1.165, 1.54) is 0 Å². The zero-order valence-corrected chi connectivity index (χ0v) is 11.0. The second-order valence-electron chi connectivity index (χ2n) is 4.04. The number of pyridine rings is 1. The van der Waals surface area contributed by atoms with Gasteiger partial charge in [-0.15, -0.1) is 0 Å². The Morgan fingerprint density at radius 3 is 2.94 bits per heavy atom. The van der Waals surface area contributed by atoms with Gasteiger partial charge in [-0.3, -0.25) is 9.79 Å². The van der Waals surface area contributed by atoms with Crippen LogP contribution >= 0.6 is 0 Å². The quantitative estimate of drug-likeness (QED) is 0.484. The molecule has 5 nitrogen and oxygen atoms in total. The summed E-state index contributed by atoms with van der Waals surface area (Å²) in [4.78, 5) is 20.7. The van der Waals surface area contributed by atoms with Crippen LogP contribution in [-0.4, -0.2) is 37.9 Å². The number of rotatable bonds is 5. The summed E-state index contributed by atoms with van der Waals surface area (Å²) in [6, 6.07) is 3.83. The third-order valence-corrected chi connectivity index (χ3v) is 2.37. The van der Waals surface area contributed by atoms with Gasteiger partial charge in [0.05, 0.1) is 12.4 Å². The zero-order chi connectivity index (χ0) is 13.5. The molecule has 0 unspecified atom stereocenters. The molecule has 0 fully saturated rings. The van der Waals surface area contributed by atoms with Crippen LogP contribution in [0, 0.1) is 0 Å². The van der Waals surface area contributed by atoms with E-state index in [1.54, 1.807) is 13.1 Å². The second kappa shape index (κ2) is 6.54. The van der Waals surface area contributed by atoms with Crippen molar-refractivity contribution in [1.29, 1.82) is 0 Å². The van der Waals surface area contributed by atoms with Crippen LogP contribution in [0.25, 0.3) is 5.57 Å². The minimum absolute atomic E-state index is 0.430. The third kappa shape index (κ3) is 3.69. The van der Waals surface area contributed by atoms with Gasteiger partial charge in [0.25, 0.3) is 0 Å². The summed E-state index contributed by atoms with van der Waals surface area (Å²) in [5.41, 5.74) is 1.82. The van der Waals surface area contributed by atoms with Crippen LogP contribution in [0.4, 0.5) is 5.82 Å². The average Bonchev–Trinajstić information content (AvgIpc) is 2.36. The van der Waals surface area contributed by atoms with Crippen molar-refractivity contribution in [3.63, 3.8) is 0 Å². The van der Waals surface area contributed by atoms with Crippen LogP contribution < -0.4 is 10.2 Å². The summed E-state index contributed by atoms with van der Waals surface area (Å²) in [6.07, 6.45) is 2.35. The Bertz CT molecular complexity index is 466. The summed E-state index contributed by atoms with van der Waals surface area (Å²) >= 11 is 0. The molecule has 0 aromatic carbocycles. The van der Waals surface area contributed by atoms with Crippen LogP contribution in [0.15, 0.2) is 29.9 Å². The summed E-state index contributed by atoms with van der Waals surface area (Å²) in [5.74, 6) is 1.43. The fraction of sp³-hybridized carbons (Fsp3) is 0.308. The molecular weight excluding hydrogens is 228 g/mol. The van der Waals surface area contributed by atoms with Crippen LogP contribution in [0.2, 0.25) is 0 Å². The number of amidine groups is 1. The first-order chi connectivity index (χ1) is 8.56. The summed E-state index contributed by atoms with van der Waals surface area (Å²) < 4.78 is 0. The monoisotopic (exact) mass is 246 g/mol. The highest BCUT2D eigenvalue weighted by Crippen LogP contribution is 2.22. The van der Waals surface area contributed by atoms with Gasteiger partial charge in [0.1, 0.15) is 5.82 Å². The van der Waals surface area contributed by atoms with Crippen LogP contribution in [0.5, 0.6) is 0 Å². The first-order valence-corrected chi connectivity index (χ1v) is 5.58. The smallest absolute Gasteiger partial charge is 0.212 e. The number of nitrogens with one attached hydrogen (secondary N) is 1. The van der Waals surface area contributed by atoms with Gasteiger partial charge in [-0.25, -0.2) is 4.98 Å². The van der Waals surface area contributed by atoms with Crippen molar-refractivity contribution in [2.24, 2.45) is 4.99 Å². The maximum Gasteiger partial charge on any atom is 0.212 e. The molecule has 1 rings (SSSR count). The number of carbonyl (C=O) groups excluding carboxylic acids is 1. The van der Waals surface area contributed by atoms with Crippen molar-refractivity contribution in [3.05, 3.63) is 30.5 Å². The number of anilines is 1. The minimum atomic E-state index is 0.430. The molecule has 0 saturated heterocycles. The van der Waals surface area contributed by atoms with Crippen molar-refractivity contribution in [3.8, 4) is 0 Å². The van der Waals surface area contributed by atoms with E-state index in [9.17, 15) is 4.79 Å². The Morgan fingerprint density at radius 1 is 1.61 bits per heavy atom. The predicted molar refractivity (Wildman–Crippen MR) is 74.8 cm³/mol. The highest BCUT2D eigenvalue weighted by Gasteiger charge is 2.08. The molecule has 0 radical (unpaired) electrons. The lowest BCUT2D eigenvalue weighted by Crippen LogP contribution is -2.18. The molecule has 1 amide bonds. The second-order valence-corrected chi connectivity index (χ2v) is 4.04. The molecule has 1 aromatic heterocycles. The molecule has 1 N–H and O–H groups in total. The van der Waals surface area contributed by atoms with Gasteiger partial charge in [-0.1, -0.05) is 6.58 Å². The highest BCUT2D eigenvalue weighted by molar-refractivity contribution is 5.89. The van der Waals surface area contributed by atoms with E-state index in [1.807, 2.05) is 31.1 Å². The van der Waals surface area contributed by atoms with Gasteiger partial charge in [0, 0.05) is 25.9 Å². The zero-order valence-electron chi connectivity index (χ0n) is 11.0. The fourth-order valence-corrected chi connectivity index (χ4v) is 1.46. The summed E-state index contributed by atoms with van der Waals surface area (Å²) in [7, 11) is 3.86.